The third-order valence-corrected chi connectivity index (χ3v) is 3.43. The van der Waals surface area contributed by atoms with E-state index in [9.17, 15) is 0 Å². The Morgan fingerprint density at radius 1 is 1.69 bits per heavy atom. The smallest absolute Gasteiger partial charge is 0.194 e. The zero-order valence-corrected chi connectivity index (χ0v) is 8.21. The monoisotopic (exact) mass is 193 g/mol. The first-order chi connectivity index (χ1) is 6.27. The summed E-state index contributed by atoms with van der Waals surface area (Å²) < 4.78 is 2.18. The lowest BCUT2D eigenvalue weighted by molar-refractivity contribution is 0.916. The van der Waals surface area contributed by atoms with Crippen molar-refractivity contribution in [1.82, 2.24) is 9.38 Å². The van der Waals surface area contributed by atoms with E-state index in [1.807, 2.05) is 0 Å². The van der Waals surface area contributed by atoms with E-state index in [1.165, 1.54) is 5.69 Å². The van der Waals surface area contributed by atoms with Gasteiger partial charge in [0.2, 0.25) is 0 Å². The number of hydrogen-bond donors (Lipinski definition) is 1. The number of aromatic nitrogens is 2. The summed E-state index contributed by atoms with van der Waals surface area (Å²) in [4.78, 5) is 5.58. The second-order valence-electron chi connectivity index (χ2n) is 3.64. The summed E-state index contributed by atoms with van der Waals surface area (Å²) in [6, 6.07) is 0.360. The molecule has 0 aliphatic heterocycles. The summed E-state index contributed by atoms with van der Waals surface area (Å²) in [7, 11) is 0. The zero-order valence-electron chi connectivity index (χ0n) is 7.40. The molecule has 2 unspecified atom stereocenters. The Bertz CT molecular complexity index is 456. The Hall–Kier alpha value is -0.870. The molecule has 0 radical (unpaired) electrons. The van der Waals surface area contributed by atoms with Gasteiger partial charge in [-0.15, -0.1) is 11.3 Å². The molecule has 1 fully saturated rings. The third kappa shape index (κ3) is 0.957. The van der Waals surface area contributed by atoms with Crippen LogP contribution in [0.2, 0.25) is 0 Å². The number of rotatable bonds is 1. The summed E-state index contributed by atoms with van der Waals surface area (Å²) in [5.74, 6) is 0.546. The first-order valence-corrected chi connectivity index (χ1v) is 5.33. The van der Waals surface area contributed by atoms with E-state index < -0.39 is 0 Å². The van der Waals surface area contributed by atoms with Crippen LogP contribution < -0.4 is 5.73 Å². The molecule has 2 aromatic heterocycles. The van der Waals surface area contributed by atoms with E-state index in [4.69, 9.17) is 5.73 Å². The number of nitrogens with two attached hydrogens (primary N) is 1. The van der Waals surface area contributed by atoms with Crippen LogP contribution in [0.4, 0.5) is 0 Å². The number of nitrogens with zero attached hydrogens (tertiary/aromatic N) is 2. The van der Waals surface area contributed by atoms with E-state index in [0.29, 0.717) is 12.0 Å². The average Bonchev–Trinajstić information content (AvgIpc) is 2.54. The van der Waals surface area contributed by atoms with Crippen molar-refractivity contribution in [3.05, 3.63) is 23.0 Å². The fraction of sp³-hybridized carbons (Fsp3) is 0.444. The van der Waals surface area contributed by atoms with Crippen LogP contribution in [0.25, 0.3) is 4.96 Å². The predicted molar refractivity (Wildman–Crippen MR) is 53.1 cm³/mol. The van der Waals surface area contributed by atoms with Crippen molar-refractivity contribution in [1.29, 1.82) is 0 Å². The highest BCUT2D eigenvalue weighted by Crippen LogP contribution is 2.41. The van der Waals surface area contributed by atoms with Crippen molar-refractivity contribution in [2.75, 3.05) is 0 Å². The van der Waals surface area contributed by atoms with Gasteiger partial charge < -0.3 is 5.73 Å². The van der Waals surface area contributed by atoms with Gasteiger partial charge in [-0.05, 0) is 13.3 Å². The fourth-order valence-corrected chi connectivity index (χ4v) is 2.65. The number of fused-ring (bicyclic) bond motifs is 1. The molecule has 3 rings (SSSR count). The van der Waals surface area contributed by atoms with Crippen molar-refractivity contribution in [3.63, 3.8) is 0 Å². The molecule has 2 N–H and O–H groups in total. The molecule has 13 heavy (non-hydrogen) atoms. The molecule has 0 amide bonds. The maximum absolute atomic E-state index is 5.85. The molecular formula is C9H11N3S. The Labute approximate surface area is 80.2 Å². The van der Waals surface area contributed by atoms with Crippen molar-refractivity contribution in [3.8, 4) is 0 Å². The van der Waals surface area contributed by atoms with E-state index in [0.717, 1.165) is 17.1 Å². The molecule has 68 valence electrons. The highest BCUT2D eigenvalue weighted by atomic mass is 32.1. The van der Waals surface area contributed by atoms with E-state index >= 15 is 0 Å². The minimum Gasteiger partial charge on any atom is -0.327 e. The largest absolute Gasteiger partial charge is 0.327 e. The number of imidazole rings is 1. The van der Waals surface area contributed by atoms with Crippen LogP contribution in [-0.2, 0) is 0 Å². The molecular weight excluding hydrogens is 182 g/mol. The van der Waals surface area contributed by atoms with Gasteiger partial charge in [-0.25, -0.2) is 4.98 Å². The van der Waals surface area contributed by atoms with Crippen LogP contribution >= 0.6 is 11.3 Å². The summed E-state index contributed by atoms with van der Waals surface area (Å²) in [6.45, 7) is 2.07. The normalized spacial score (nSPS) is 26.9. The third-order valence-electron chi connectivity index (χ3n) is 2.67. The molecule has 3 nitrogen and oxygen atoms in total. The summed E-state index contributed by atoms with van der Waals surface area (Å²) in [5, 5.41) is 2.07. The quantitative estimate of drug-likeness (QED) is 0.746. The van der Waals surface area contributed by atoms with E-state index in [1.54, 1.807) is 11.3 Å². The van der Waals surface area contributed by atoms with Crippen LogP contribution in [0.1, 0.15) is 23.7 Å². The number of hydrogen-bond acceptors (Lipinski definition) is 3. The standard InChI is InChI=1S/C9H11N3S/c1-5-8(6-4-7(6)10)12-2-3-13-9(12)11-5/h2-3,6-7H,4,10H2,1H3. The van der Waals surface area contributed by atoms with Crippen LogP contribution in [0.3, 0.4) is 0 Å². The number of thiazole rings is 1. The van der Waals surface area contributed by atoms with Gasteiger partial charge in [0.1, 0.15) is 0 Å². The minimum atomic E-state index is 0.360. The van der Waals surface area contributed by atoms with Gasteiger partial charge in [0.05, 0.1) is 11.4 Å². The molecule has 4 heteroatoms. The molecule has 0 bridgehead atoms. The van der Waals surface area contributed by atoms with Gasteiger partial charge in [-0.3, -0.25) is 4.40 Å². The fourth-order valence-electron chi connectivity index (χ4n) is 1.89. The topological polar surface area (TPSA) is 43.3 Å². The molecule has 0 spiro atoms. The van der Waals surface area contributed by atoms with Gasteiger partial charge in [0, 0.05) is 23.5 Å². The molecule has 1 aliphatic rings. The van der Waals surface area contributed by atoms with E-state index in [-0.39, 0.29) is 0 Å². The van der Waals surface area contributed by atoms with Crippen molar-refractivity contribution >= 4 is 16.3 Å². The Morgan fingerprint density at radius 3 is 3.15 bits per heavy atom. The molecule has 1 saturated carbocycles. The van der Waals surface area contributed by atoms with Gasteiger partial charge >= 0.3 is 0 Å². The molecule has 1 aliphatic carbocycles. The molecule has 2 aromatic rings. The highest BCUT2D eigenvalue weighted by molar-refractivity contribution is 7.15. The first-order valence-electron chi connectivity index (χ1n) is 4.45. The lowest BCUT2D eigenvalue weighted by atomic mass is 10.2. The highest BCUT2D eigenvalue weighted by Gasteiger charge is 2.38. The molecule has 0 saturated heterocycles. The van der Waals surface area contributed by atoms with Gasteiger partial charge in [0.25, 0.3) is 0 Å². The maximum atomic E-state index is 5.85. The summed E-state index contributed by atoms with van der Waals surface area (Å²) >= 11 is 1.68. The van der Waals surface area contributed by atoms with Crippen molar-refractivity contribution in [2.24, 2.45) is 5.73 Å². The van der Waals surface area contributed by atoms with Crippen LogP contribution in [0.15, 0.2) is 11.6 Å². The van der Waals surface area contributed by atoms with Gasteiger partial charge in [0.15, 0.2) is 4.96 Å². The Morgan fingerprint density at radius 2 is 2.46 bits per heavy atom. The number of aryl methyl sites for hydroxylation is 1. The van der Waals surface area contributed by atoms with E-state index in [2.05, 4.69) is 27.9 Å². The second kappa shape index (κ2) is 2.33. The lowest BCUT2D eigenvalue weighted by Crippen LogP contribution is -2.03. The maximum Gasteiger partial charge on any atom is 0.194 e. The zero-order chi connectivity index (χ0) is 9.00. The van der Waals surface area contributed by atoms with Gasteiger partial charge in [-0.1, -0.05) is 0 Å². The second-order valence-corrected chi connectivity index (χ2v) is 4.52. The Balaban J connectivity index is 2.24. The summed E-state index contributed by atoms with van der Waals surface area (Å²) in [5.41, 5.74) is 8.31. The summed E-state index contributed by atoms with van der Waals surface area (Å²) in [6.07, 6.45) is 3.20. The first kappa shape index (κ1) is 7.53. The average molecular weight is 193 g/mol. The van der Waals surface area contributed by atoms with Crippen LogP contribution in [0.5, 0.6) is 0 Å². The SMILES string of the molecule is Cc1nc2sccn2c1C1CC1N. The van der Waals surface area contributed by atoms with Crippen LogP contribution in [-0.4, -0.2) is 15.4 Å². The minimum absolute atomic E-state index is 0.360. The molecule has 2 atom stereocenters. The lowest BCUT2D eigenvalue weighted by Gasteiger charge is -1.96. The predicted octanol–water partition coefficient (Wildman–Crippen LogP) is 1.52. The van der Waals surface area contributed by atoms with Crippen molar-refractivity contribution < 1.29 is 0 Å². The molecule has 2 heterocycles. The van der Waals surface area contributed by atoms with Crippen LogP contribution in [0, 0.1) is 6.92 Å². The Kier molecular flexibility index (Phi) is 1.35. The van der Waals surface area contributed by atoms with Gasteiger partial charge in [-0.2, -0.15) is 0 Å². The van der Waals surface area contributed by atoms with Crippen molar-refractivity contribution in [2.45, 2.75) is 25.3 Å². The molecule has 0 aromatic carbocycles.